The zero-order chi connectivity index (χ0) is 14.1. The molecule has 5 nitrogen and oxygen atoms in total. The van der Waals surface area contributed by atoms with Gasteiger partial charge in [0, 0.05) is 19.3 Å². The van der Waals surface area contributed by atoms with Gasteiger partial charge in [0.2, 0.25) is 0 Å². The summed E-state index contributed by atoms with van der Waals surface area (Å²) >= 11 is 0. The van der Waals surface area contributed by atoms with Crippen molar-refractivity contribution in [3.8, 4) is 0 Å². The number of rotatable bonds is 4. The van der Waals surface area contributed by atoms with Crippen LogP contribution >= 0.6 is 0 Å². The van der Waals surface area contributed by atoms with Crippen LogP contribution in [-0.4, -0.2) is 39.5 Å². The molecule has 1 unspecified atom stereocenters. The lowest BCUT2D eigenvalue weighted by Gasteiger charge is -2.43. The van der Waals surface area contributed by atoms with Crippen molar-refractivity contribution < 1.29 is 5.11 Å². The van der Waals surface area contributed by atoms with E-state index in [1.54, 1.807) is 19.9 Å². The van der Waals surface area contributed by atoms with E-state index in [-0.39, 0.29) is 0 Å². The van der Waals surface area contributed by atoms with E-state index in [1.165, 1.54) is 0 Å². The molecule has 0 fully saturated rings. The molecule has 2 aliphatic rings. The number of dihydropyridines is 1. The van der Waals surface area contributed by atoms with Crippen LogP contribution in [-0.2, 0) is 0 Å². The van der Waals surface area contributed by atoms with E-state index < -0.39 is 11.3 Å². The molecular formula is C14H22N4O. The van der Waals surface area contributed by atoms with Gasteiger partial charge in [0.05, 0.1) is 5.60 Å². The molecule has 0 bridgehead atoms. The molecule has 19 heavy (non-hydrogen) atoms. The highest BCUT2D eigenvalue weighted by molar-refractivity contribution is 5.28. The Morgan fingerprint density at radius 1 is 1.63 bits per heavy atom. The van der Waals surface area contributed by atoms with E-state index in [0.29, 0.717) is 0 Å². The largest absolute Gasteiger partial charge is 0.386 e. The lowest BCUT2D eigenvalue weighted by Crippen LogP contribution is -2.67. The Hall–Kier alpha value is -1.56. The summed E-state index contributed by atoms with van der Waals surface area (Å²) in [6.45, 7) is 8.71. The smallest absolute Gasteiger partial charge is 0.135 e. The lowest BCUT2D eigenvalue weighted by atomic mass is 9.90. The molecule has 4 N–H and O–H groups in total. The van der Waals surface area contributed by atoms with Crippen molar-refractivity contribution >= 4 is 0 Å². The molecule has 0 spiro atoms. The zero-order valence-electron chi connectivity index (χ0n) is 11.5. The van der Waals surface area contributed by atoms with Crippen LogP contribution in [0.3, 0.4) is 0 Å². The molecule has 2 heterocycles. The van der Waals surface area contributed by atoms with Crippen molar-refractivity contribution in [2.75, 3.05) is 13.1 Å². The summed E-state index contributed by atoms with van der Waals surface area (Å²) in [6, 6.07) is 0. The Balaban J connectivity index is 2.19. The number of hydrogen-bond donors (Lipinski definition) is 3. The number of nitrogens with zero attached hydrogens (tertiary/aromatic N) is 2. The number of aliphatic hydroxyl groups is 1. The van der Waals surface area contributed by atoms with Crippen LogP contribution < -0.4 is 11.1 Å². The standard InChI is InChI=1S/C14H22N4O/c1-4-9-17-10-6-11-18(17)12-7-5-8-14(15,16-12)13(2,3)19/h4-8,11,16,19H,1,9-10,15H2,2-3H3. The quantitative estimate of drug-likeness (QED) is 0.649. The van der Waals surface area contributed by atoms with Crippen LogP contribution in [0.5, 0.6) is 0 Å². The highest BCUT2D eigenvalue weighted by Gasteiger charge is 2.41. The number of hydrazine groups is 1. The summed E-state index contributed by atoms with van der Waals surface area (Å²) in [6.07, 6.45) is 11.5. The molecule has 104 valence electrons. The SMILES string of the molecule is C=CCN1CC=CN1C1=CC=CC(N)(C(C)(C)O)N1. The Bertz CT molecular complexity index is 447. The van der Waals surface area contributed by atoms with E-state index in [9.17, 15) is 5.11 Å². The summed E-state index contributed by atoms with van der Waals surface area (Å²) in [5, 5.41) is 17.5. The second kappa shape index (κ2) is 4.85. The molecule has 0 radical (unpaired) electrons. The van der Waals surface area contributed by atoms with Gasteiger partial charge in [-0.15, -0.1) is 6.58 Å². The number of nitrogens with one attached hydrogen (secondary N) is 1. The number of allylic oxidation sites excluding steroid dienone is 2. The van der Waals surface area contributed by atoms with Gasteiger partial charge in [-0.1, -0.05) is 18.2 Å². The van der Waals surface area contributed by atoms with Crippen molar-refractivity contribution in [2.45, 2.75) is 25.1 Å². The van der Waals surface area contributed by atoms with Gasteiger partial charge in [-0.2, -0.15) is 0 Å². The van der Waals surface area contributed by atoms with Gasteiger partial charge in [0.25, 0.3) is 0 Å². The van der Waals surface area contributed by atoms with E-state index >= 15 is 0 Å². The zero-order valence-corrected chi connectivity index (χ0v) is 11.5. The second-order valence-electron chi connectivity index (χ2n) is 5.35. The predicted octanol–water partition coefficient (Wildman–Crippen LogP) is 0.645. The van der Waals surface area contributed by atoms with Gasteiger partial charge in [-0.05, 0) is 26.0 Å². The molecule has 0 aromatic carbocycles. The van der Waals surface area contributed by atoms with Crippen LogP contribution in [0.25, 0.3) is 0 Å². The van der Waals surface area contributed by atoms with Gasteiger partial charge < -0.3 is 16.2 Å². The maximum absolute atomic E-state index is 10.2. The molecule has 0 saturated heterocycles. The minimum Gasteiger partial charge on any atom is -0.386 e. The molecule has 0 saturated carbocycles. The molecule has 0 aromatic rings. The first-order valence-electron chi connectivity index (χ1n) is 6.38. The fourth-order valence-corrected chi connectivity index (χ4v) is 2.07. The minimum absolute atomic E-state index is 0.746. The van der Waals surface area contributed by atoms with E-state index in [1.807, 2.05) is 29.4 Å². The van der Waals surface area contributed by atoms with Crippen molar-refractivity contribution in [1.29, 1.82) is 0 Å². The molecule has 2 aliphatic heterocycles. The third-order valence-electron chi connectivity index (χ3n) is 3.41. The Morgan fingerprint density at radius 3 is 3.00 bits per heavy atom. The van der Waals surface area contributed by atoms with Crippen molar-refractivity contribution in [2.24, 2.45) is 5.73 Å². The highest BCUT2D eigenvalue weighted by Crippen LogP contribution is 2.25. The fraction of sp³-hybridized carbons (Fsp3) is 0.429. The van der Waals surface area contributed by atoms with Crippen LogP contribution in [0.1, 0.15) is 13.8 Å². The molecule has 0 aromatic heterocycles. The van der Waals surface area contributed by atoms with E-state index in [4.69, 9.17) is 5.73 Å². The van der Waals surface area contributed by atoms with Gasteiger partial charge >= 0.3 is 0 Å². The first kappa shape index (κ1) is 13.9. The molecule has 0 aliphatic carbocycles. The monoisotopic (exact) mass is 262 g/mol. The van der Waals surface area contributed by atoms with Crippen molar-refractivity contribution in [3.05, 3.63) is 49.0 Å². The maximum Gasteiger partial charge on any atom is 0.135 e. The average molecular weight is 262 g/mol. The van der Waals surface area contributed by atoms with Crippen LogP contribution in [0.4, 0.5) is 0 Å². The lowest BCUT2D eigenvalue weighted by molar-refractivity contribution is -0.00378. The van der Waals surface area contributed by atoms with Crippen LogP contribution in [0, 0.1) is 0 Å². The summed E-state index contributed by atoms with van der Waals surface area (Å²) in [7, 11) is 0. The topological polar surface area (TPSA) is 64.8 Å². The summed E-state index contributed by atoms with van der Waals surface area (Å²) in [5.74, 6) is 0.836. The van der Waals surface area contributed by atoms with Gasteiger partial charge in [-0.25, -0.2) is 5.01 Å². The normalized spacial score (nSPS) is 27.4. The van der Waals surface area contributed by atoms with Crippen molar-refractivity contribution in [3.63, 3.8) is 0 Å². The van der Waals surface area contributed by atoms with Gasteiger partial charge in [-0.3, -0.25) is 5.01 Å². The minimum atomic E-state index is -1.07. The first-order valence-corrected chi connectivity index (χ1v) is 6.38. The molecule has 2 rings (SSSR count). The molecule has 1 atom stereocenters. The molecule has 0 amide bonds. The maximum atomic E-state index is 10.2. The molecule has 5 heteroatoms. The number of hydrogen-bond acceptors (Lipinski definition) is 5. The van der Waals surface area contributed by atoms with E-state index in [2.05, 4.69) is 23.0 Å². The first-order chi connectivity index (χ1) is 8.87. The third-order valence-corrected chi connectivity index (χ3v) is 3.41. The van der Waals surface area contributed by atoms with Gasteiger partial charge in [0.1, 0.15) is 11.5 Å². The molecular weight excluding hydrogens is 240 g/mol. The second-order valence-corrected chi connectivity index (χ2v) is 5.35. The summed E-state index contributed by atoms with van der Waals surface area (Å²) < 4.78 is 0. The van der Waals surface area contributed by atoms with Gasteiger partial charge in [0.15, 0.2) is 0 Å². The third kappa shape index (κ3) is 2.58. The number of nitrogens with two attached hydrogens (primary N) is 1. The average Bonchev–Trinajstić information content (AvgIpc) is 2.76. The van der Waals surface area contributed by atoms with Crippen LogP contribution in [0.2, 0.25) is 0 Å². The fourth-order valence-electron chi connectivity index (χ4n) is 2.07. The summed E-state index contributed by atoms with van der Waals surface area (Å²) in [5.41, 5.74) is 4.17. The predicted molar refractivity (Wildman–Crippen MR) is 76.3 cm³/mol. The Morgan fingerprint density at radius 2 is 2.37 bits per heavy atom. The van der Waals surface area contributed by atoms with Crippen molar-refractivity contribution in [1.82, 2.24) is 15.3 Å². The highest BCUT2D eigenvalue weighted by atomic mass is 16.3. The summed E-state index contributed by atoms with van der Waals surface area (Å²) in [4.78, 5) is 0. The Labute approximate surface area is 114 Å². The Kier molecular flexibility index (Phi) is 3.54. The van der Waals surface area contributed by atoms with Crippen LogP contribution in [0.15, 0.2) is 49.0 Å². The van der Waals surface area contributed by atoms with E-state index in [0.717, 1.165) is 18.9 Å².